The highest BCUT2D eigenvalue weighted by atomic mass is 15.2. The molecule has 106 valence electrons. The summed E-state index contributed by atoms with van der Waals surface area (Å²) in [4.78, 5) is 9.35. The molecule has 0 bridgehead atoms. The number of nitrogens with zero attached hydrogens (tertiary/aromatic N) is 3. The maximum absolute atomic E-state index is 4.65. The number of piperidine rings is 1. The molecule has 0 radical (unpaired) electrons. The van der Waals surface area contributed by atoms with Gasteiger partial charge in [0.05, 0.1) is 0 Å². The van der Waals surface area contributed by atoms with Gasteiger partial charge in [-0.15, -0.1) is 0 Å². The second-order valence-electron chi connectivity index (χ2n) is 6.15. The standard InChI is InChI=1S/C16H27N3/c1-12(2)19-9-7-6-8-15(19)14-10-13(3)16(17-11-14)18(4)5/h10-12,15H,6-9H2,1-5H3. The van der Waals surface area contributed by atoms with Crippen molar-refractivity contribution in [3.05, 3.63) is 23.4 Å². The summed E-state index contributed by atoms with van der Waals surface area (Å²) >= 11 is 0. The van der Waals surface area contributed by atoms with Gasteiger partial charge in [0.15, 0.2) is 0 Å². The Kier molecular flexibility index (Phi) is 4.46. The zero-order valence-corrected chi connectivity index (χ0v) is 13.0. The number of hydrogen-bond acceptors (Lipinski definition) is 3. The number of hydrogen-bond donors (Lipinski definition) is 0. The molecule has 1 aromatic heterocycles. The molecule has 3 nitrogen and oxygen atoms in total. The Morgan fingerprint density at radius 2 is 2.05 bits per heavy atom. The molecular formula is C16H27N3. The van der Waals surface area contributed by atoms with Gasteiger partial charge in [-0.1, -0.05) is 6.42 Å². The highest BCUT2D eigenvalue weighted by molar-refractivity contribution is 5.46. The molecule has 1 unspecified atom stereocenters. The first-order chi connectivity index (χ1) is 9.00. The molecule has 0 aliphatic carbocycles. The van der Waals surface area contributed by atoms with Gasteiger partial charge >= 0.3 is 0 Å². The molecule has 19 heavy (non-hydrogen) atoms. The fourth-order valence-corrected chi connectivity index (χ4v) is 3.17. The largest absolute Gasteiger partial charge is 0.363 e. The minimum Gasteiger partial charge on any atom is -0.363 e. The zero-order chi connectivity index (χ0) is 14.0. The summed E-state index contributed by atoms with van der Waals surface area (Å²) in [5, 5.41) is 0. The van der Waals surface area contributed by atoms with Gasteiger partial charge in [-0.25, -0.2) is 4.98 Å². The molecule has 0 saturated carbocycles. The van der Waals surface area contributed by atoms with Gasteiger partial charge in [0.1, 0.15) is 5.82 Å². The quantitative estimate of drug-likeness (QED) is 0.831. The number of pyridine rings is 1. The van der Waals surface area contributed by atoms with Crippen LogP contribution in [0.4, 0.5) is 5.82 Å². The molecule has 0 N–H and O–H groups in total. The lowest BCUT2D eigenvalue weighted by atomic mass is 9.94. The van der Waals surface area contributed by atoms with Crippen LogP contribution in [0.5, 0.6) is 0 Å². The Morgan fingerprint density at radius 1 is 1.32 bits per heavy atom. The molecule has 0 amide bonds. The third-order valence-electron chi connectivity index (χ3n) is 4.09. The molecule has 2 rings (SSSR count). The van der Waals surface area contributed by atoms with E-state index in [1.165, 1.54) is 36.9 Å². The number of likely N-dealkylation sites (tertiary alicyclic amines) is 1. The maximum Gasteiger partial charge on any atom is 0.130 e. The van der Waals surface area contributed by atoms with Crippen molar-refractivity contribution in [2.45, 2.75) is 52.1 Å². The van der Waals surface area contributed by atoms with Gasteiger partial charge in [0.2, 0.25) is 0 Å². The summed E-state index contributed by atoms with van der Waals surface area (Å²) < 4.78 is 0. The lowest BCUT2D eigenvalue weighted by Gasteiger charge is -2.39. The van der Waals surface area contributed by atoms with E-state index in [4.69, 9.17) is 0 Å². The van der Waals surface area contributed by atoms with Gasteiger partial charge in [0.25, 0.3) is 0 Å². The molecular weight excluding hydrogens is 234 g/mol. The summed E-state index contributed by atoms with van der Waals surface area (Å²) in [7, 11) is 4.10. The average molecular weight is 261 g/mol. The SMILES string of the molecule is Cc1cc(C2CCCCN2C(C)C)cnc1N(C)C. The summed E-state index contributed by atoms with van der Waals surface area (Å²) in [5.41, 5.74) is 2.66. The normalized spacial score (nSPS) is 20.8. The smallest absolute Gasteiger partial charge is 0.130 e. The Balaban J connectivity index is 2.27. The summed E-state index contributed by atoms with van der Waals surface area (Å²) in [6.45, 7) is 7.98. The van der Waals surface area contributed by atoms with Crippen LogP contribution in [0.2, 0.25) is 0 Å². The monoisotopic (exact) mass is 261 g/mol. The van der Waals surface area contributed by atoms with E-state index in [-0.39, 0.29) is 0 Å². The van der Waals surface area contributed by atoms with Crippen LogP contribution < -0.4 is 4.90 Å². The number of aryl methyl sites for hydroxylation is 1. The third kappa shape index (κ3) is 3.08. The Hall–Kier alpha value is -1.09. The van der Waals surface area contributed by atoms with Crippen molar-refractivity contribution in [1.29, 1.82) is 0 Å². The van der Waals surface area contributed by atoms with Crippen LogP contribution in [0.25, 0.3) is 0 Å². The van der Waals surface area contributed by atoms with Crippen molar-refractivity contribution in [2.24, 2.45) is 0 Å². The van der Waals surface area contributed by atoms with Gasteiger partial charge in [-0.05, 0) is 57.4 Å². The van der Waals surface area contributed by atoms with E-state index >= 15 is 0 Å². The van der Waals surface area contributed by atoms with Crippen LogP contribution in [0.1, 0.15) is 50.3 Å². The van der Waals surface area contributed by atoms with Crippen molar-refractivity contribution >= 4 is 5.82 Å². The molecule has 1 aliphatic heterocycles. The number of aromatic nitrogens is 1. The van der Waals surface area contributed by atoms with Crippen LogP contribution >= 0.6 is 0 Å². The Labute approximate surface area is 117 Å². The average Bonchev–Trinajstić information content (AvgIpc) is 2.38. The van der Waals surface area contributed by atoms with E-state index in [1.807, 2.05) is 0 Å². The van der Waals surface area contributed by atoms with Crippen molar-refractivity contribution in [1.82, 2.24) is 9.88 Å². The molecule has 1 atom stereocenters. The topological polar surface area (TPSA) is 19.4 Å². The van der Waals surface area contributed by atoms with Crippen LogP contribution in [0.15, 0.2) is 12.3 Å². The maximum atomic E-state index is 4.65. The molecule has 1 saturated heterocycles. The van der Waals surface area contributed by atoms with Crippen LogP contribution in [0, 0.1) is 6.92 Å². The molecule has 1 aliphatic rings. The highest BCUT2D eigenvalue weighted by Gasteiger charge is 2.26. The van der Waals surface area contributed by atoms with Crippen molar-refractivity contribution in [2.75, 3.05) is 25.5 Å². The second-order valence-corrected chi connectivity index (χ2v) is 6.15. The lowest BCUT2D eigenvalue weighted by molar-refractivity contribution is 0.112. The summed E-state index contributed by atoms with van der Waals surface area (Å²) in [6, 6.07) is 3.49. The van der Waals surface area contributed by atoms with E-state index in [0.29, 0.717) is 12.1 Å². The molecule has 0 spiro atoms. The van der Waals surface area contributed by atoms with Gasteiger partial charge < -0.3 is 4.90 Å². The van der Waals surface area contributed by atoms with Crippen molar-refractivity contribution in [3.63, 3.8) is 0 Å². The molecule has 1 aromatic rings. The van der Waals surface area contributed by atoms with Gasteiger partial charge in [-0.2, -0.15) is 0 Å². The lowest BCUT2D eigenvalue weighted by Crippen LogP contribution is -2.38. The third-order valence-corrected chi connectivity index (χ3v) is 4.09. The Morgan fingerprint density at radius 3 is 2.63 bits per heavy atom. The van der Waals surface area contributed by atoms with E-state index < -0.39 is 0 Å². The fourth-order valence-electron chi connectivity index (χ4n) is 3.17. The van der Waals surface area contributed by atoms with Crippen molar-refractivity contribution < 1.29 is 0 Å². The van der Waals surface area contributed by atoms with Crippen LogP contribution in [-0.4, -0.2) is 36.6 Å². The first kappa shape index (κ1) is 14.3. The van der Waals surface area contributed by atoms with Crippen LogP contribution in [0.3, 0.4) is 0 Å². The van der Waals surface area contributed by atoms with Gasteiger partial charge in [-0.3, -0.25) is 4.90 Å². The minimum absolute atomic E-state index is 0.552. The van der Waals surface area contributed by atoms with E-state index in [1.54, 1.807) is 0 Å². The molecule has 0 aromatic carbocycles. The van der Waals surface area contributed by atoms with E-state index in [2.05, 4.69) is 61.9 Å². The van der Waals surface area contributed by atoms with E-state index in [9.17, 15) is 0 Å². The zero-order valence-electron chi connectivity index (χ0n) is 13.0. The van der Waals surface area contributed by atoms with Gasteiger partial charge in [0, 0.05) is 32.4 Å². The molecule has 1 fully saturated rings. The number of anilines is 1. The number of rotatable bonds is 3. The Bertz CT molecular complexity index is 426. The predicted octanol–water partition coefficient (Wildman–Crippen LogP) is 3.39. The van der Waals surface area contributed by atoms with E-state index in [0.717, 1.165) is 5.82 Å². The molecule has 3 heteroatoms. The second kappa shape index (κ2) is 5.91. The van der Waals surface area contributed by atoms with Crippen LogP contribution in [-0.2, 0) is 0 Å². The summed E-state index contributed by atoms with van der Waals surface area (Å²) in [6.07, 6.45) is 6.01. The predicted molar refractivity (Wildman–Crippen MR) is 81.7 cm³/mol. The van der Waals surface area contributed by atoms with Crippen molar-refractivity contribution in [3.8, 4) is 0 Å². The first-order valence-corrected chi connectivity index (χ1v) is 7.40. The highest BCUT2D eigenvalue weighted by Crippen LogP contribution is 2.33. The fraction of sp³-hybridized carbons (Fsp3) is 0.688. The first-order valence-electron chi connectivity index (χ1n) is 7.40. The minimum atomic E-state index is 0.552. The summed E-state index contributed by atoms with van der Waals surface area (Å²) in [5.74, 6) is 1.08. The molecule has 2 heterocycles.